The third kappa shape index (κ3) is 4.23. The number of aromatic nitrogens is 1. The largest absolute Gasteiger partial charge is 0.497 e. The molecular weight excluding hydrogens is 452 g/mol. The lowest BCUT2D eigenvalue weighted by atomic mass is 10.2. The molecule has 1 aromatic heterocycles. The Morgan fingerprint density at radius 2 is 1.97 bits per heavy atom. The average Bonchev–Trinajstić information content (AvgIpc) is 3.03. The van der Waals surface area contributed by atoms with E-state index in [1.54, 1.807) is 31.4 Å². The van der Waals surface area contributed by atoms with Crippen LogP contribution in [0.5, 0.6) is 11.6 Å². The number of benzene rings is 2. The fourth-order valence-corrected chi connectivity index (χ4v) is 3.84. The van der Waals surface area contributed by atoms with Gasteiger partial charge in [0.2, 0.25) is 5.88 Å². The van der Waals surface area contributed by atoms with Gasteiger partial charge in [0, 0.05) is 15.4 Å². The minimum atomic E-state index is -0.494. The van der Waals surface area contributed by atoms with Gasteiger partial charge in [0.15, 0.2) is 12.4 Å². The van der Waals surface area contributed by atoms with Crippen LogP contribution in [0.25, 0.3) is 10.9 Å². The fourth-order valence-electron chi connectivity index (χ4n) is 3.48. The Labute approximate surface area is 181 Å². The fraction of sp³-hybridized carbons (Fsp3) is 0.286. The second-order valence-corrected chi connectivity index (χ2v) is 7.93. The molecule has 1 fully saturated rings. The van der Waals surface area contributed by atoms with Crippen LogP contribution in [-0.4, -0.2) is 49.0 Å². The zero-order valence-electron chi connectivity index (χ0n) is 16.5. The number of azo groups is 1. The lowest BCUT2D eigenvalue weighted by molar-refractivity contribution is -0.930. The van der Waals surface area contributed by atoms with Crippen molar-refractivity contribution in [3.8, 4) is 11.6 Å². The first-order valence-electron chi connectivity index (χ1n) is 9.59. The number of aromatic hydroxyl groups is 1. The van der Waals surface area contributed by atoms with Gasteiger partial charge in [-0.1, -0.05) is 15.9 Å². The van der Waals surface area contributed by atoms with Gasteiger partial charge in [-0.05, 0) is 42.5 Å². The van der Waals surface area contributed by atoms with Gasteiger partial charge in [-0.15, -0.1) is 10.2 Å². The number of amides is 1. The van der Waals surface area contributed by atoms with E-state index in [0.717, 1.165) is 28.5 Å². The molecule has 156 valence electrons. The molecule has 30 heavy (non-hydrogen) atoms. The summed E-state index contributed by atoms with van der Waals surface area (Å²) < 4.78 is 13.2. The van der Waals surface area contributed by atoms with Gasteiger partial charge in [-0.25, -0.2) is 0 Å². The summed E-state index contributed by atoms with van der Waals surface area (Å²) in [6, 6.07) is 12.3. The molecule has 0 unspecified atom stereocenters. The Morgan fingerprint density at radius 3 is 2.67 bits per heavy atom. The number of rotatable bonds is 5. The number of carbonyl (C=O) groups is 1. The molecule has 2 aromatic carbocycles. The summed E-state index contributed by atoms with van der Waals surface area (Å²) in [7, 11) is 1.56. The second-order valence-electron chi connectivity index (χ2n) is 7.02. The molecule has 0 radical (unpaired) electrons. The van der Waals surface area contributed by atoms with Gasteiger partial charge >= 0.3 is 0 Å². The van der Waals surface area contributed by atoms with Gasteiger partial charge in [-0.2, -0.15) is 0 Å². The van der Waals surface area contributed by atoms with Crippen molar-refractivity contribution in [2.45, 2.75) is 6.67 Å². The van der Waals surface area contributed by atoms with Crippen LogP contribution in [0.3, 0.4) is 0 Å². The molecule has 4 rings (SSSR count). The second kappa shape index (κ2) is 8.95. The molecule has 0 atom stereocenters. The van der Waals surface area contributed by atoms with Crippen molar-refractivity contribution in [2.75, 3.05) is 33.4 Å². The standard InChI is InChI=1S/C21H21BrN4O4/c1-29-16-5-2-14(3-6-16)20(27)24-23-19-17-12-15(22)4-7-18(17)26(21(19)28)13-25-8-10-30-11-9-25/h2-7,12,28H,8-11,13H2,1H3/p+1. The van der Waals surface area contributed by atoms with Crippen molar-refractivity contribution in [1.29, 1.82) is 0 Å². The normalized spacial score (nSPS) is 15.1. The quantitative estimate of drug-likeness (QED) is 0.557. The highest BCUT2D eigenvalue weighted by molar-refractivity contribution is 9.10. The van der Waals surface area contributed by atoms with Crippen LogP contribution in [0.1, 0.15) is 10.4 Å². The van der Waals surface area contributed by atoms with E-state index < -0.39 is 5.91 Å². The molecule has 9 heteroatoms. The summed E-state index contributed by atoms with van der Waals surface area (Å²) in [6.07, 6.45) is 0. The van der Waals surface area contributed by atoms with Crippen molar-refractivity contribution < 1.29 is 24.3 Å². The number of carbonyl (C=O) groups excluding carboxylic acids is 1. The molecule has 2 N–H and O–H groups in total. The molecule has 1 saturated heterocycles. The highest BCUT2D eigenvalue weighted by atomic mass is 79.9. The number of nitrogens with zero attached hydrogens (tertiary/aromatic N) is 3. The number of fused-ring (bicyclic) bond motifs is 1. The average molecular weight is 474 g/mol. The molecule has 2 heterocycles. The predicted molar refractivity (Wildman–Crippen MR) is 115 cm³/mol. The van der Waals surface area contributed by atoms with E-state index in [1.807, 2.05) is 22.8 Å². The maximum Gasteiger partial charge on any atom is 0.295 e. The first-order valence-corrected chi connectivity index (χ1v) is 10.4. The van der Waals surface area contributed by atoms with Gasteiger partial charge in [0.25, 0.3) is 5.91 Å². The Balaban J connectivity index is 1.66. The molecule has 0 aliphatic carbocycles. The van der Waals surface area contributed by atoms with E-state index in [2.05, 4.69) is 26.2 Å². The van der Waals surface area contributed by atoms with E-state index in [0.29, 0.717) is 31.2 Å². The van der Waals surface area contributed by atoms with E-state index in [4.69, 9.17) is 9.47 Å². The molecule has 3 aromatic rings. The number of halogens is 1. The molecule has 1 amide bonds. The van der Waals surface area contributed by atoms with Crippen LogP contribution in [0, 0.1) is 0 Å². The Hall–Kier alpha value is -2.75. The number of methoxy groups -OCH3 is 1. The molecule has 1 aliphatic rings. The minimum Gasteiger partial charge on any atom is -0.497 e. The third-order valence-corrected chi connectivity index (χ3v) is 5.62. The maximum absolute atomic E-state index is 12.4. The highest BCUT2D eigenvalue weighted by Gasteiger charge is 2.22. The SMILES string of the molecule is COc1ccc(C(=O)N=Nc2c(O)n(C[NH+]3CCOCC3)c3ccc(Br)cc23)cc1. The number of nitrogens with one attached hydrogen (secondary N) is 1. The Morgan fingerprint density at radius 1 is 1.23 bits per heavy atom. The zero-order valence-corrected chi connectivity index (χ0v) is 18.1. The minimum absolute atomic E-state index is 0.00614. The van der Waals surface area contributed by atoms with E-state index >= 15 is 0 Å². The summed E-state index contributed by atoms with van der Waals surface area (Å²) in [4.78, 5) is 13.7. The van der Waals surface area contributed by atoms with Crippen molar-refractivity contribution in [3.05, 3.63) is 52.5 Å². The van der Waals surface area contributed by atoms with Crippen LogP contribution in [-0.2, 0) is 11.4 Å². The first-order chi connectivity index (χ1) is 14.6. The molecule has 0 bridgehead atoms. The molecule has 0 saturated carbocycles. The number of hydrogen-bond donors (Lipinski definition) is 2. The Kier molecular flexibility index (Phi) is 6.12. The molecule has 8 nitrogen and oxygen atoms in total. The molecular formula is C21H22BrN4O4+. The summed E-state index contributed by atoms with van der Waals surface area (Å²) in [6.45, 7) is 3.70. The molecule has 1 aliphatic heterocycles. The van der Waals surface area contributed by atoms with Gasteiger partial charge in [0.1, 0.15) is 18.8 Å². The van der Waals surface area contributed by atoms with Crippen LogP contribution >= 0.6 is 15.9 Å². The number of morpholine rings is 1. The van der Waals surface area contributed by atoms with Crippen molar-refractivity contribution in [3.63, 3.8) is 0 Å². The highest BCUT2D eigenvalue weighted by Crippen LogP contribution is 2.39. The monoisotopic (exact) mass is 473 g/mol. The van der Waals surface area contributed by atoms with Crippen LogP contribution in [0.4, 0.5) is 5.69 Å². The topological polar surface area (TPSA) is 89.9 Å². The number of ether oxygens (including phenoxy) is 2. The van der Waals surface area contributed by atoms with Gasteiger partial charge in [-0.3, -0.25) is 9.36 Å². The van der Waals surface area contributed by atoms with Crippen molar-refractivity contribution in [1.82, 2.24) is 4.57 Å². The van der Waals surface area contributed by atoms with E-state index in [-0.39, 0.29) is 11.6 Å². The third-order valence-electron chi connectivity index (χ3n) is 5.13. The zero-order chi connectivity index (χ0) is 21.1. The summed E-state index contributed by atoms with van der Waals surface area (Å²) in [5.74, 6) is 0.153. The molecule has 0 spiro atoms. The number of quaternary nitrogens is 1. The predicted octanol–water partition coefficient (Wildman–Crippen LogP) is 2.91. The summed E-state index contributed by atoms with van der Waals surface area (Å²) in [5, 5.41) is 19.6. The van der Waals surface area contributed by atoms with Crippen molar-refractivity contribution in [2.24, 2.45) is 10.2 Å². The lowest BCUT2D eigenvalue weighted by Crippen LogP contribution is -3.13. The number of hydrogen-bond acceptors (Lipinski definition) is 5. The summed E-state index contributed by atoms with van der Waals surface area (Å²) in [5.41, 5.74) is 1.50. The lowest BCUT2D eigenvalue weighted by Gasteiger charge is -2.24. The Bertz CT molecular complexity index is 1090. The van der Waals surface area contributed by atoms with Crippen LogP contribution in [0.15, 0.2) is 57.2 Å². The van der Waals surface area contributed by atoms with Gasteiger partial charge < -0.3 is 19.5 Å². The van der Waals surface area contributed by atoms with Crippen LogP contribution < -0.4 is 9.64 Å². The summed E-state index contributed by atoms with van der Waals surface area (Å²) >= 11 is 3.47. The van der Waals surface area contributed by atoms with Crippen molar-refractivity contribution >= 4 is 38.4 Å². The first kappa shape index (κ1) is 20.5. The van der Waals surface area contributed by atoms with E-state index in [9.17, 15) is 9.90 Å². The van der Waals surface area contributed by atoms with Crippen LogP contribution in [0.2, 0.25) is 0 Å². The smallest absolute Gasteiger partial charge is 0.295 e. The van der Waals surface area contributed by atoms with E-state index in [1.165, 1.54) is 4.90 Å². The van der Waals surface area contributed by atoms with Gasteiger partial charge in [0.05, 0.1) is 25.8 Å². The maximum atomic E-state index is 12.4.